The van der Waals surface area contributed by atoms with E-state index < -0.39 is 17.4 Å². The monoisotopic (exact) mass is 549 g/mol. The summed E-state index contributed by atoms with van der Waals surface area (Å²) in [5, 5.41) is 2.85. The van der Waals surface area contributed by atoms with Crippen molar-refractivity contribution in [3.63, 3.8) is 0 Å². The number of alkyl halides is 1. The zero-order chi connectivity index (χ0) is 28.6. The van der Waals surface area contributed by atoms with Crippen LogP contribution in [0.1, 0.15) is 66.8 Å². The molecule has 1 saturated carbocycles. The summed E-state index contributed by atoms with van der Waals surface area (Å²) in [6, 6.07) is 4.81. The third kappa shape index (κ3) is 5.43. The van der Waals surface area contributed by atoms with Crippen LogP contribution >= 0.6 is 0 Å². The number of ether oxygens (including phenoxy) is 1. The average molecular weight is 550 g/mol. The van der Waals surface area contributed by atoms with E-state index in [0.29, 0.717) is 71.0 Å². The Morgan fingerprint density at radius 3 is 2.65 bits per heavy atom. The van der Waals surface area contributed by atoms with Gasteiger partial charge in [0.2, 0.25) is 0 Å². The number of imidazole rings is 1. The van der Waals surface area contributed by atoms with Gasteiger partial charge in [-0.3, -0.25) is 14.2 Å². The third-order valence-corrected chi connectivity index (χ3v) is 7.84. The Morgan fingerprint density at radius 1 is 1.27 bits per heavy atom. The Hall–Kier alpha value is -3.85. The molecule has 1 aliphatic carbocycles. The Labute approximate surface area is 234 Å². The largest absolute Gasteiger partial charge is 0.496 e. The molecular formula is C31H37F2N5O2. The van der Waals surface area contributed by atoms with Gasteiger partial charge in [0.25, 0.3) is 5.91 Å². The molecule has 1 aliphatic heterocycles. The number of piperidine rings is 1. The SMILES string of the molecule is C=C(N=C/C(=C\C)c1cc(C(=O)NC2CC2)c(F)cc1C)c1cnc2cc(OC)c(C3(F)CCN(C)CC3)cn12.[HH]. The van der Waals surface area contributed by atoms with Crippen LogP contribution in [0, 0.1) is 12.7 Å². The number of methoxy groups -OCH3 is 1. The summed E-state index contributed by atoms with van der Waals surface area (Å²) in [5.41, 5.74) is 2.71. The summed E-state index contributed by atoms with van der Waals surface area (Å²) in [6.07, 6.45) is 9.47. The fourth-order valence-electron chi connectivity index (χ4n) is 5.13. The minimum Gasteiger partial charge on any atom is -0.496 e. The van der Waals surface area contributed by atoms with E-state index in [-0.39, 0.29) is 13.0 Å². The van der Waals surface area contributed by atoms with E-state index in [0.717, 1.165) is 12.8 Å². The number of nitrogens with one attached hydrogen (secondary N) is 1. The van der Waals surface area contributed by atoms with Gasteiger partial charge in [-0.05, 0) is 75.4 Å². The Bertz CT molecular complexity index is 1530. The number of rotatable bonds is 8. The standard InChI is InChI=1S/C31H35F2N5O2.H2/c1-6-21(23-14-24(26(32)13-19(23)2)30(39)36-22-7-8-22)16-34-20(3)27-17-35-29-15-28(40-5)25(18-38(27)29)31(33)9-11-37(4)12-10-31;/h6,13-18,22H,3,7-12H2,1-2,4-5H3,(H,36,39);1H/b21-6+,34-16?;. The van der Waals surface area contributed by atoms with Crippen molar-refractivity contribution in [2.24, 2.45) is 4.99 Å². The summed E-state index contributed by atoms with van der Waals surface area (Å²) in [4.78, 5) is 23.8. The number of hydrogen-bond donors (Lipinski definition) is 1. The van der Waals surface area contributed by atoms with Gasteiger partial charge in [-0.2, -0.15) is 0 Å². The number of amides is 1. The Kier molecular flexibility index (Phi) is 7.59. The predicted molar refractivity (Wildman–Crippen MR) is 156 cm³/mol. The predicted octanol–water partition coefficient (Wildman–Crippen LogP) is 5.96. The van der Waals surface area contributed by atoms with Crippen molar-refractivity contribution >= 4 is 29.0 Å². The molecule has 9 heteroatoms. The number of carbonyl (C=O) groups is 1. The van der Waals surface area contributed by atoms with Crippen LogP contribution in [0.3, 0.4) is 0 Å². The molecule has 0 radical (unpaired) electrons. The molecule has 3 heterocycles. The molecule has 0 atom stereocenters. The highest BCUT2D eigenvalue weighted by molar-refractivity contribution is 6.12. The molecule has 40 heavy (non-hydrogen) atoms. The van der Waals surface area contributed by atoms with Gasteiger partial charge in [-0.15, -0.1) is 0 Å². The number of aryl methyl sites for hydroxylation is 1. The second-order valence-corrected chi connectivity index (χ2v) is 10.7. The lowest BCUT2D eigenvalue weighted by Gasteiger charge is -2.35. The smallest absolute Gasteiger partial charge is 0.254 e. The highest BCUT2D eigenvalue weighted by Gasteiger charge is 2.38. The number of aromatic nitrogens is 2. The fraction of sp³-hybridized carbons (Fsp3) is 0.387. The van der Waals surface area contributed by atoms with Gasteiger partial charge in [0.05, 0.1) is 30.3 Å². The molecule has 0 unspecified atom stereocenters. The van der Waals surface area contributed by atoms with Crippen LogP contribution in [0.4, 0.5) is 8.78 Å². The second-order valence-electron chi connectivity index (χ2n) is 10.7. The van der Waals surface area contributed by atoms with Gasteiger partial charge in [0, 0.05) is 44.6 Å². The van der Waals surface area contributed by atoms with Gasteiger partial charge < -0.3 is 15.0 Å². The summed E-state index contributed by atoms with van der Waals surface area (Å²) < 4.78 is 38.2. The van der Waals surface area contributed by atoms with Crippen molar-refractivity contribution in [1.82, 2.24) is 19.6 Å². The van der Waals surface area contributed by atoms with Crippen LogP contribution in [0.15, 0.2) is 48.2 Å². The van der Waals surface area contributed by atoms with Crippen molar-refractivity contribution in [3.05, 3.63) is 77.0 Å². The van der Waals surface area contributed by atoms with Crippen molar-refractivity contribution < 1.29 is 19.7 Å². The molecule has 1 amide bonds. The number of carbonyl (C=O) groups excluding carboxylic acids is 1. The van der Waals surface area contributed by atoms with Crippen LogP contribution in [0.5, 0.6) is 5.75 Å². The molecule has 2 aliphatic rings. The van der Waals surface area contributed by atoms with Crippen LogP contribution in [0.25, 0.3) is 16.9 Å². The number of fused-ring (bicyclic) bond motifs is 1. The van der Waals surface area contributed by atoms with Crippen LogP contribution in [-0.4, -0.2) is 59.7 Å². The highest BCUT2D eigenvalue weighted by atomic mass is 19.1. The van der Waals surface area contributed by atoms with E-state index in [4.69, 9.17) is 4.74 Å². The van der Waals surface area contributed by atoms with Crippen molar-refractivity contribution in [2.45, 2.75) is 51.2 Å². The van der Waals surface area contributed by atoms with Gasteiger partial charge in [-0.1, -0.05) is 12.7 Å². The van der Waals surface area contributed by atoms with Crippen molar-refractivity contribution in [2.75, 3.05) is 27.2 Å². The number of likely N-dealkylation sites (tertiary alicyclic amines) is 1. The van der Waals surface area contributed by atoms with Gasteiger partial charge in [0.15, 0.2) is 0 Å². The van der Waals surface area contributed by atoms with Crippen molar-refractivity contribution in [3.8, 4) is 5.75 Å². The maximum Gasteiger partial charge on any atom is 0.254 e. The first-order valence-electron chi connectivity index (χ1n) is 13.6. The molecule has 0 spiro atoms. The van der Waals surface area contributed by atoms with Crippen molar-refractivity contribution in [1.29, 1.82) is 0 Å². The molecule has 2 fully saturated rings. The molecule has 7 nitrogen and oxygen atoms in total. The van der Waals surface area contributed by atoms with Crippen LogP contribution in [0.2, 0.25) is 0 Å². The summed E-state index contributed by atoms with van der Waals surface area (Å²) in [5.74, 6) is -0.496. The first kappa shape index (κ1) is 27.7. The number of pyridine rings is 1. The van der Waals surface area contributed by atoms with E-state index in [9.17, 15) is 9.18 Å². The van der Waals surface area contributed by atoms with E-state index in [1.54, 1.807) is 42.1 Å². The molecule has 212 valence electrons. The molecule has 0 bridgehead atoms. The zero-order valence-corrected chi connectivity index (χ0v) is 23.4. The number of allylic oxidation sites excluding steroid dienone is 2. The van der Waals surface area contributed by atoms with E-state index >= 15 is 4.39 Å². The fourth-order valence-corrected chi connectivity index (χ4v) is 5.13. The van der Waals surface area contributed by atoms with E-state index in [1.807, 2.05) is 20.0 Å². The molecule has 1 aromatic carbocycles. The minimum absolute atomic E-state index is 0. The third-order valence-electron chi connectivity index (χ3n) is 7.84. The maximum atomic E-state index is 16.2. The Morgan fingerprint density at radius 2 is 2.00 bits per heavy atom. The zero-order valence-electron chi connectivity index (χ0n) is 23.4. The first-order valence-corrected chi connectivity index (χ1v) is 13.6. The van der Waals surface area contributed by atoms with Crippen LogP contribution < -0.4 is 10.1 Å². The average Bonchev–Trinajstić information content (AvgIpc) is 3.65. The summed E-state index contributed by atoms with van der Waals surface area (Å²) in [6.45, 7) is 9.10. The molecule has 3 aromatic rings. The summed E-state index contributed by atoms with van der Waals surface area (Å²) >= 11 is 0. The molecule has 1 N–H and O–H groups in total. The molecular weight excluding hydrogens is 512 g/mol. The van der Waals surface area contributed by atoms with Gasteiger partial charge in [-0.25, -0.2) is 13.8 Å². The topological polar surface area (TPSA) is 71.2 Å². The molecule has 5 rings (SSSR count). The van der Waals surface area contributed by atoms with E-state index in [1.165, 1.54) is 13.2 Å². The van der Waals surface area contributed by atoms with E-state index in [2.05, 4.69) is 26.8 Å². The number of benzene rings is 1. The molecule has 1 saturated heterocycles. The van der Waals surface area contributed by atoms with Crippen LogP contribution in [-0.2, 0) is 5.67 Å². The quantitative estimate of drug-likeness (QED) is 0.352. The van der Waals surface area contributed by atoms with Gasteiger partial charge in [0.1, 0.15) is 22.9 Å². The number of hydrogen-bond acceptors (Lipinski definition) is 5. The number of nitrogens with zero attached hydrogens (tertiary/aromatic N) is 4. The lowest BCUT2D eigenvalue weighted by Crippen LogP contribution is -2.38. The number of aliphatic imine (C=N–C) groups is 1. The van der Waals surface area contributed by atoms with Gasteiger partial charge >= 0.3 is 0 Å². The normalized spacial score (nSPS) is 17.9. The highest BCUT2D eigenvalue weighted by Crippen LogP contribution is 2.42. The number of halogens is 2. The second kappa shape index (κ2) is 11.0. The maximum absolute atomic E-state index is 16.2. The first-order chi connectivity index (χ1) is 19.1. The lowest BCUT2D eigenvalue weighted by atomic mass is 9.86. The summed E-state index contributed by atoms with van der Waals surface area (Å²) in [7, 11) is 3.53. The minimum atomic E-state index is -1.51. The lowest BCUT2D eigenvalue weighted by molar-refractivity contribution is 0.0645. The molecule has 2 aromatic heterocycles. The Balaban J connectivity index is 0.00000387.